The molecule has 0 radical (unpaired) electrons. The Hall–Kier alpha value is -2.30. The molecule has 98 valence electrons. The molecule has 0 aliphatic carbocycles. The van der Waals surface area contributed by atoms with E-state index in [2.05, 4.69) is 10.3 Å². The van der Waals surface area contributed by atoms with Crippen LogP contribution in [0.25, 0.3) is 0 Å². The van der Waals surface area contributed by atoms with Crippen molar-refractivity contribution in [1.82, 2.24) is 9.88 Å². The van der Waals surface area contributed by atoms with Crippen molar-refractivity contribution >= 4 is 11.6 Å². The highest BCUT2D eigenvalue weighted by atomic mass is 16.3. The van der Waals surface area contributed by atoms with E-state index in [0.29, 0.717) is 12.1 Å². The molecule has 0 spiro atoms. The van der Waals surface area contributed by atoms with Crippen LogP contribution in [0, 0.1) is 0 Å². The third-order valence-corrected chi connectivity index (χ3v) is 3.28. The Bertz CT molecular complexity index is 539. The van der Waals surface area contributed by atoms with E-state index in [9.17, 15) is 4.79 Å². The van der Waals surface area contributed by atoms with Gasteiger partial charge in [0, 0.05) is 31.5 Å². The van der Waals surface area contributed by atoms with E-state index in [4.69, 9.17) is 4.42 Å². The van der Waals surface area contributed by atoms with Gasteiger partial charge in [0.1, 0.15) is 6.26 Å². The Morgan fingerprint density at radius 1 is 1.47 bits per heavy atom. The first kappa shape index (κ1) is 11.8. The van der Waals surface area contributed by atoms with Gasteiger partial charge in [-0.25, -0.2) is 0 Å². The normalized spacial score (nSPS) is 18.5. The van der Waals surface area contributed by atoms with Crippen LogP contribution in [-0.4, -0.2) is 34.9 Å². The van der Waals surface area contributed by atoms with Crippen LogP contribution >= 0.6 is 0 Å². The summed E-state index contributed by atoms with van der Waals surface area (Å²) in [7, 11) is 0. The predicted octanol–water partition coefficient (Wildman–Crippen LogP) is 2.00. The molecule has 2 aromatic heterocycles. The molecule has 1 N–H and O–H groups in total. The molecule has 0 saturated carbocycles. The van der Waals surface area contributed by atoms with E-state index in [1.54, 1.807) is 18.5 Å². The SMILES string of the molecule is O=C(c1ccoc1)N1CC[C@@H](Nc2cccnc2)C1. The number of hydrogen-bond donors (Lipinski definition) is 1. The summed E-state index contributed by atoms with van der Waals surface area (Å²) in [6.07, 6.45) is 7.49. The average Bonchev–Trinajstić information content (AvgIpc) is 3.10. The van der Waals surface area contributed by atoms with Gasteiger partial charge in [0.2, 0.25) is 0 Å². The van der Waals surface area contributed by atoms with E-state index in [0.717, 1.165) is 18.7 Å². The van der Waals surface area contributed by atoms with Gasteiger partial charge in [-0.3, -0.25) is 9.78 Å². The molecular formula is C14H15N3O2. The van der Waals surface area contributed by atoms with Gasteiger partial charge in [-0.1, -0.05) is 0 Å². The highest BCUT2D eigenvalue weighted by molar-refractivity contribution is 5.94. The number of hydrogen-bond acceptors (Lipinski definition) is 4. The number of nitrogens with zero attached hydrogens (tertiary/aromatic N) is 2. The summed E-state index contributed by atoms with van der Waals surface area (Å²) in [5.41, 5.74) is 1.60. The number of pyridine rings is 1. The third kappa shape index (κ3) is 2.59. The number of likely N-dealkylation sites (tertiary alicyclic amines) is 1. The fourth-order valence-electron chi connectivity index (χ4n) is 2.32. The monoisotopic (exact) mass is 257 g/mol. The quantitative estimate of drug-likeness (QED) is 0.913. The Balaban J connectivity index is 1.60. The van der Waals surface area contributed by atoms with Crippen LogP contribution in [0.15, 0.2) is 47.5 Å². The first-order chi connectivity index (χ1) is 9.33. The van der Waals surface area contributed by atoms with Gasteiger partial charge >= 0.3 is 0 Å². The molecule has 1 fully saturated rings. The number of amides is 1. The average molecular weight is 257 g/mol. The molecule has 19 heavy (non-hydrogen) atoms. The maximum Gasteiger partial charge on any atom is 0.257 e. The van der Waals surface area contributed by atoms with Crippen LogP contribution in [0.4, 0.5) is 5.69 Å². The maximum atomic E-state index is 12.1. The number of rotatable bonds is 3. The molecule has 0 unspecified atom stereocenters. The van der Waals surface area contributed by atoms with Crippen LogP contribution < -0.4 is 5.32 Å². The maximum absolute atomic E-state index is 12.1. The Morgan fingerprint density at radius 3 is 3.16 bits per heavy atom. The Labute approximate surface area is 111 Å². The second-order valence-corrected chi connectivity index (χ2v) is 4.63. The summed E-state index contributed by atoms with van der Waals surface area (Å²) in [4.78, 5) is 18.0. The van der Waals surface area contributed by atoms with Crippen LogP contribution in [0.3, 0.4) is 0 Å². The topological polar surface area (TPSA) is 58.4 Å². The molecular weight excluding hydrogens is 242 g/mol. The molecule has 1 atom stereocenters. The van der Waals surface area contributed by atoms with E-state index in [-0.39, 0.29) is 11.9 Å². The minimum atomic E-state index is 0.0317. The van der Waals surface area contributed by atoms with Gasteiger partial charge in [0.05, 0.1) is 17.5 Å². The van der Waals surface area contributed by atoms with Crippen molar-refractivity contribution in [2.24, 2.45) is 0 Å². The van der Waals surface area contributed by atoms with Gasteiger partial charge in [-0.2, -0.15) is 0 Å². The lowest BCUT2D eigenvalue weighted by Gasteiger charge is -2.16. The molecule has 1 aliphatic rings. The Kier molecular flexibility index (Phi) is 3.18. The van der Waals surface area contributed by atoms with Crippen molar-refractivity contribution in [2.45, 2.75) is 12.5 Å². The lowest BCUT2D eigenvalue weighted by molar-refractivity contribution is 0.0791. The zero-order valence-corrected chi connectivity index (χ0v) is 10.5. The van der Waals surface area contributed by atoms with Crippen LogP contribution in [-0.2, 0) is 0 Å². The lowest BCUT2D eigenvalue weighted by atomic mass is 10.2. The molecule has 5 nitrogen and oxygen atoms in total. The molecule has 3 heterocycles. The number of furan rings is 1. The second kappa shape index (κ2) is 5.14. The van der Waals surface area contributed by atoms with Gasteiger partial charge in [-0.05, 0) is 24.6 Å². The molecule has 2 aromatic rings. The first-order valence-corrected chi connectivity index (χ1v) is 6.31. The third-order valence-electron chi connectivity index (χ3n) is 3.28. The fraction of sp³-hybridized carbons (Fsp3) is 0.286. The Morgan fingerprint density at radius 2 is 2.42 bits per heavy atom. The summed E-state index contributed by atoms with van der Waals surface area (Å²) < 4.78 is 4.95. The highest BCUT2D eigenvalue weighted by Gasteiger charge is 2.27. The largest absolute Gasteiger partial charge is 0.472 e. The summed E-state index contributed by atoms with van der Waals surface area (Å²) in [6.45, 7) is 1.47. The van der Waals surface area contributed by atoms with Crippen LogP contribution in [0.2, 0.25) is 0 Å². The summed E-state index contributed by atoms with van der Waals surface area (Å²) in [6, 6.07) is 5.85. The summed E-state index contributed by atoms with van der Waals surface area (Å²) >= 11 is 0. The zero-order chi connectivity index (χ0) is 13.1. The first-order valence-electron chi connectivity index (χ1n) is 6.31. The molecule has 0 bridgehead atoms. The van der Waals surface area contributed by atoms with Gasteiger partial charge < -0.3 is 14.6 Å². The zero-order valence-electron chi connectivity index (χ0n) is 10.5. The number of aromatic nitrogens is 1. The second-order valence-electron chi connectivity index (χ2n) is 4.63. The summed E-state index contributed by atoms with van der Waals surface area (Å²) in [5, 5.41) is 3.39. The van der Waals surface area contributed by atoms with Crippen molar-refractivity contribution in [3.63, 3.8) is 0 Å². The molecule has 1 amide bonds. The number of anilines is 1. The van der Waals surface area contributed by atoms with E-state index in [1.165, 1.54) is 12.5 Å². The van der Waals surface area contributed by atoms with E-state index in [1.807, 2.05) is 17.0 Å². The van der Waals surface area contributed by atoms with Crippen molar-refractivity contribution in [2.75, 3.05) is 18.4 Å². The highest BCUT2D eigenvalue weighted by Crippen LogP contribution is 2.17. The molecule has 1 saturated heterocycles. The molecule has 1 aliphatic heterocycles. The van der Waals surface area contributed by atoms with Crippen molar-refractivity contribution in [1.29, 1.82) is 0 Å². The van der Waals surface area contributed by atoms with Gasteiger partial charge in [0.25, 0.3) is 5.91 Å². The molecule has 5 heteroatoms. The number of nitrogens with one attached hydrogen (secondary N) is 1. The molecule has 0 aromatic carbocycles. The minimum Gasteiger partial charge on any atom is -0.472 e. The molecule has 3 rings (SSSR count). The lowest BCUT2D eigenvalue weighted by Crippen LogP contribution is -2.31. The fourth-order valence-corrected chi connectivity index (χ4v) is 2.32. The van der Waals surface area contributed by atoms with Crippen molar-refractivity contribution in [3.8, 4) is 0 Å². The van der Waals surface area contributed by atoms with Crippen molar-refractivity contribution in [3.05, 3.63) is 48.7 Å². The standard InChI is InChI=1S/C14H15N3O2/c18-14(11-4-7-19-10-11)17-6-3-13(9-17)16-12-2-1-5-15-8-12/h1-2,4-5,7-8,10,13,16H,3,6,9H2/t13-/m1/s1. The van der Waals surface area contributed by atoms with Crippen LogP contribution in [0.1, 0.15) is 16.8 Å². The van der Waals surface area contributed by atoms with Crippen molar-refractivity contribution < 1.29 is 9.21 Å². The van der Waals surface area contributed by atoms with Crippen LogP contribution in [0.5, 0.6) is 0 Å². The van der Waals surface area contributed by atoms with E-state index < -0.39 is 0 Å². The smallest absolute Gasteiger partial charge is 0.257 e. The van der Waals surface area contributed by atoms with Gasteiger partial charge in [0.15, 0.2) is 0 Å². The van der Waals surface area contributed by atoms with Gasteiger partial charge in [-0.15, -0.1) is 0 Å². The number of carbonyl (C=O) groups is 1. The van der Waals surface area contributed by atoms with E-state index >= 15 is 0 Å². The predicted molar refractivity (Wildman–Crippen MR) is 70.9 cm³/mol. The summed E-state index contributed by atoms with van der Waals surface area (Å²) in [5.74, 6) is 0.0317. The minimum absolute atomic E-state index is 0.0317. The number of carbonyl (C=O) groups excluding carboxylic acids is 1.